The van der Waals surface area contributed by atoms with Crippen LogP contribution in [-0.4, -0.2) is 23.3 Å². The Labute approximate surface area is 143 Å². The Hall–Kier alpha value is -2.27. The molecule has 0 saturated carbocycles. The number of nitrogens with one attached hydrogen (secondary N) is 1. The third kappa shape index (κ3) is 17.8. The van der Waals surface area contributed by atoms with E-state index in [0.717, 1.165) is 12.3 Å². The van der Waals surface area contributed by atoms with Crippen LogP contribution in [0.5, 0.6) is 0 Å². The summed E-state index contributed by atoms with van der Waals surface area (Å²) in [7, 11) is 0. The van der Waals surface area contributed by atoms with Gasteiger partial charge in [0.15, 0.2) is 5.78 Å². The molecule has 0 fully saturated rings. The number of allylic oxidation sites excluding steroid dienone is 1. The third-order valence-electron chi connectivity index (χ3n) is 1.73. The summed E-state index contributed by atoms with van der Waals surface area (Å²) in [6.07, 6.45) is -0.675. The molecule has 0 bridgehead atoms. The SMILES string of the molecule is C.CCO/C=C/C(C)=O.N#CCCl.O=c1cc(C(F)(F)F)cc[nH]1. The van der Waals surface area contributed by atoms with Crippen LogP contribution in [-0.2, 0) is 15.7 Å². The van der Waals surface area contributed by atoms with E-state index in [4.69, 9.17) is 21.6 Å². The lowest BCUT2D eigenvalue weighted by Crippen LogP contribution is -2.11. The first-order chi connectivity index (χ1) is 10.7. The Balaban J connectivity index is -0.000000301. The second-order valence-electron chi connectivity index (χ2n) is 3.60. The molecule has 0 radical (unpaired) electrons. The molecule has 1 rings (SSSR count). The Bertz CT molecular complexity index is 578. The van der Waals surface area contributed by atoms with Crippen LogP contribution in [0.1, 0.15) is 26.8 Å². The summed E-state index contributed by atoms with van der Waals surface area (Å²) in [5.41, 5.74) is -1.68. The number of hydrogen-bond donors (Lipinski definition) is 1. The van der Waals surface area contributed by atoms with E-state index in [1.165, 1.54) is 19.3 Å². The van der Waals surface area contributed by atoms with E-state index >= 15 is 0 Å². The van der Waals surface area contributed by atoms with Crippen LogP contribution in [0.2, 0.25) is 0 Å². The number of alkyl halides is 4. The zero-order valence-corrected chi connectivity index (χ0v) is 13.2. The van der Waals surface area contributed by atoms with Gasteiger partial charge in [-0.2, -0.15) is 18.4 Å². The lowest BCUT2D eigenvalue weighted by molar-refractivity contribution is -0.137. The van der Waals surface area contributed by atoms with Crippen LogP contribution in [0.25, 0.3) is 0 Å². The van der Waals surface area contributed by atoms with Crippen LogP contribution in [0.4, 0.5) is 13.2 Å². The van der Waals surface area contributed by atoms with Crippen molar-refractivity contribution in [2.45, 2.75) is 27.5 Å². The summed E-state index contributed by atoms with van der Waals surface area (Å²) in [6.45, 7) is 3.96. The van der Waals surface area contributed by atoms with Gasteiger partial charge in [0, 0.05) is 18.3 Å². The lowest BCUT2D eigenvalue weighted by Gasteiger charge is -2.03. The standard InChI is InChI=1S/C6H4F3NO.C6H10O2.C2H2ClN.CH4/c7-6(8,9)4-1-2-10-5(11)3-4;1-3-8-5-4-6(2)7;3-1-2-4;/h1-3H,(H,10,11);4-5H,3H2,1-2H3;1H2;1H4/b;5-4+;;. The molecular formula is C15H20ClF3N2O3. The molecule has 0 spiro atoms. The highest BCUT2D eigenvalue weighted by Crippen LogP contribution is 2.27. The van der Waals surface area contributed by atoms with Crippen molar-refractivity contribution in [2.24, 2.45) is 0 Å². The summed E-state index contributed by atoms with van der Waals surface area (Å²) in [5, 5.41) is 7.49. The number of H-pyrrole nitrogens is 1. The van der Waals surface area contributed by atoms with Gasteiger partial charge >= 0.3 is 6.18 Å². The number of halogens is 4. The van der Waals surface area contributed by atoms with Crippen LogP contribution in [0.15, 0.2) is 35.5 Å². The van der Waals surface area contributed by atoms with Gasteiger partial charge in [0.05, 0.1) is 24.5 Å². The van der Waals surface area contributed by atoms with Crippen LogP contribution in [0.3, 0.4) is 0 Å². The van der Waals surface area contributed by atoms with Gasteiger partial charge in [0.1, 0.15) is 5.88 Å². The summed E-state index contributed by atoms with van der Waals surface area (Å²) in [4.78, 5) is 22.6. The van der Waals surface area contributed by atoms with Crippen molar-refractivity contribution < 1.29 is 22.7 Å². The minimum Gasteiger partial charge on any atom is -0.501 e. The molecule has 9 heteroatoms. The predicted molar refractivity (Wildman–Crippen MR) is 86.6 cm³/mol. The number of carbonyl (C=O) groups is 1. The van der Waals surface area contributed by atoms with E-state index in [2.05, 4.69) is 4.98 Å². The minimum absolute atomic E-state index is 0. The number of ketones is 1. The van der Waals surface area contributed by atoms with E-state index < -0.39 is 17.3 Å². The van der Waals surface area contributed by atoms with Crippen LogP contribution in [0, 0.1) is 11.3 Å². The van der Waals surface area contributed by atoms with Gasteiger partial charge in [-0.15, -0.1) is 11.6 Å². The number of aromatic nitrogens is 1. The van der Waals surface area contributed by atoms with Crippen molar-refractivity contribution in [3.63, 3.8) is 0 Å². The highest BCUT2D eigenvalue weighted by molar-refractivity contribution is 6.19. The summed E-state index contributed by atoms with van der Waals surface area (Å²) in [6, 6.07) is 3.02. The first-order valence-corrected chi connectivity index (χ1v) is 6.70. The molecule has 24 heavy (non-hydrogen) atoms. The normalized spacial score (nSPS) is 9.38. The first kappa shape index (κ1) is 26.6. The van der Waals surface area contributed by atoms with E-state index in [-0.39, 0.29) is 19.1 Å². The number of hydrogen-bond acceptors (Lipinski definition) is 4. The fourth-order valence-electron chi connectivity index (χ4n) is 0.861. The summed E-state index contributed by atoms with van der Waals surface area (Å²) >= 11 is 4.82. The van der Waals surface area contributed by atoms with Crippen LogP contribution < -0.4 is 5.56 Å². The molecule has 0 unspecified atom stereocenters. The van der Waals surface area contributed by atoms with E-state index in [1.54, 1.807) is 6.07 Å². The predicted octanol–water partition coefficient (Wildman–Crippen LogP) is 3.90. The molecule has 1 heterocycles. The van der Waals surface area contributed by atoms with Crippen molar-refractivity contribution in [1.29, 1.82) is 5.26 Å². The van der Waals surface area contributed by atoms with Crippen molar-refractivity contribution in [2.75, 3.05) is 12.5 Å². The third-order valence-corrected chi connectivity index (χ3v) is 1.85. The molecule has 0 aliphatic carbocycles. The molecular weight excluding hydrogens is 349 g/mol. The number of rotatable bonds is 3. The van der Waals surface area contributed by atoms with Gasteiger partial charge in [-0.1, -0.05) is 7.43 Å². The van der Waals surface area contributed by atoms with Gasteiger partial charge in [0.25, 0.3) is 0 Å². The maximum atomic E-state index is 11.8. The van der Waals surface area contributed by atoms with Gasteiger partial charge in [-0.05, 0) is 19.9 Å². The van der Waals surface area contributed by atoms with Crippen molar-refractivity contribution >= 4 is 17.4 Å². The van der Waals surface area contributed by atoms with Gasteiger partial charge in [0.2, 0.25) is 5.56 Å². The van der Waals surface area contributed by atoms with E-state index in [0.29, 0.717) is 12.7 Å². The molecule has 136 valence electrons. The quantitative estimate of drug-likeness (QED) is 0.498. The molecule has 1 N–H and O–H groups in total. The number of nitriles is 1. The number of ether oxygens (including phenoxy) is 1. The molecule has 0 amide bonds. The molecule has 0 atom stereocenters. The van der Waals surface area contributed by atoms with Crippen molar-refractivity contribution in [1.82, 2.24) is 4.98 Å². The fraction of sp³-hybridized carbons (Fsp3) is 0.400. The van der Waals surface area contributed by atoms with Crippen LogP contribution >= 0.6 is 11.6 Å². The molecule has 0 saturated heterocycles. The minimum atomic E-state index is -4.44. The fourth-order valence-corrected chi connectivity index (χ4v) is 0.861. The topological polar surface area (TPSA) is 82.9 Å². The Morgan fingerprint density at radius 2 is 2.04 bits per heavy atom. The van der Waals surface area contributed by atoms with Crippen molar-refractivity contribution in [3.8, 4) is 6.07 Å². The maximum absolute atomic E-state index is 11.8. The zero-order chi connectivity index (χ0) is 18.3. The highest BCUT2D eigenvalue weighted by atomic mass is 35.5. The van der Waals surface area contributed by atoms with Gasteiger partial charge in [-0.3, -0.25) is 9.59 Å². The zero-order valence-electron chi connectivity index (χ0n) is 12.5. The molecule has 0 aliphatic heterocycles. The monoisotopic (exact) mass is 368 g/mol. The number of carbonyl (C=O) groups excluding carboxylic acids is 1. The average Bonchev–Trinajstić information content (AvgIpc) is 2.47. The maximum Gasteiger partial charge on any atom is 0.416 e. The number of pyridine rings is 1. The highest BCUT2D eigenvalue weighted by Gasteiger charge is 2.30. The molecule has 1 aromatic heterocycles. The summed E-state index contributed by atoms with van der Waals surface area (Å²) in [5.74, 6) is 0.110. The Morgan fingerprint density at radius 3 is 2.33 bits per heavy atom. The Kier molecular flexibility index (Phi) is 17.3. The second-order valence-corrected chi connectivity index (χ2v) is 3.87. The molecule has 5 nitrogen and oxygen atoms in total. The van der Waals surface area contributed by atoms with E-state index in [9.17, 15) is 22.8 Å². The number of aromatic amines is 1. The summed E-state index contributed by atoms with van der Waals surface area (Å²) < 4.78 is 40.2. The largest absolute Gasteiger partial charge is 0.501 e. The lowest BCUT2D eigenvalue weighted by atomic mass is 10.3. The van der Waals surface area contributed by atoms with Gasteiger partial charge < -0.3 is 9.72 Å². The number of nitrogens with zero attached hydrogens (tertiary/aromatic N) is 1. The second kappa shape index (κ2) is 15.6. The molecule has 0 aromatic carbocycles. The smallest absolute Gasteiger partial charge is 0.416 e. The van der Waals surface area contributed by atoms with Gasteiger partial charge in [-0.25, -0.2) is 0 Å². The molecule has 0 aliphatic rings. The average molecular weight is 369 g/mol. The van der Waals surface area contributed by atoms with Crippen molar-refractivity contribution in [3.05, 3.63) is 46.6 Å². The molecule has 1 aromatic rings. The first-order valence-electron chi connectivity index (χ1n) is 6.16. The Morgan fingerprint density at radius 1 is 1.50 bits per heavy atom. The van der Waals surface area contributed by atoms with E-state index in [1.807, 2.05) is 6.92 Å².